The Morgan fingerprint density at radius 3 is 2.45 bits per heavy atom. The number of hydrogen-bond donors (Lipinski definition) is 1. The molecule has 1 heteroatoms. The molecule has 1 nitrogen and oxygen atoms in total. The van der Waals surface area contributed by atoms with Gasteiger partial charge in [0.1, 0.15) is 0 Å². The Morgan fingerprint density at radius 1 is 1.36 bits per heavy atom. The van der Waals surface area contributed by atoms with Crippen molar-refractivity contribution >= 4 is 5.71 Å². The van der Waals surface area contributed by atoms with Crippen LogP contribution in [0.2, 0.25) is 0 Å². The van der Waals surface area contributed by atoms with Gasteiger partial charge in [0.05, 0.1) is 0 Å². The summed E-state index contributed by atoms with van der Waals surface area (Å²) in [4.78, 5) is 0. The zero-order valence-electron chi connectivity index (χ0n) is 7.91. The number of allylic oxidation sites excluding steroid dienone is 2. The Hall–Kier alpha value is -0.590. The molecule has 0 aliphatic carbocycles. The van der Waals surface area contributed by atoms with E-state index >= 15 is 0 Å². The zero-order chi connectivity index (χ0) is 8.69. The van der Waals surface area contributed by atoms with Gasteiger partial charge < -0.3 is 5.41 Å². The minimum Gasteiger partial charge on any atom is -0.305 e. The summed E-state index contributed by atoms with van der Waals surface area (Å²) in [5, 5.41) is 7.55. The van der Waals surface area contributed by atoms with E-state index in [4.69, 9.17) is 5.41 Å². The maximum Gasteiger partial charge on any atom is 0.0313 e. The summed E-state index contributed by atoms with van der Waals surface area (Å²) in [6.07, 6.45) is 6.33. The van der Waals surface area contributed by atoms with Crippen molar-refractivity contribution in [3.05, 3.63) is 11.6 Å². The van der Waals surface area contributed by atoms with Gasteiger partial charge in [-0.05, 0) is 32.3 Å². The lowest BCUT2D eigenvalue weighted by atomic mass is 10.1. The van der Waals surface area contributed by atoms with Crippen LogP contribution in [0.3, 0.4) is 0 Å². The summed E-state index contributed by atoms with van der Waals surface area (Å²) < 4.78 is 0. The Bertz CT molecular complexity index is 145. The van der Waals surface area contributed by atoms with E-state index in [2.05, 4.69) is 20.8 Å². The van der Waals surface area contributed by atoms with Crippen LogP contribution in [0.4, 0.5) is 0 Å². The predicted octanol–water partition coefficient (Wildman–Crippen LogP) is 3.55. The van der Waals surface area contributed by atoms with Gasteiger partial charge in [0.25, 0.3) is 0 Å². The minimum absolute atomic E-state index is 0.784. The van der Waals surface area contributed by atoms with Gasteiger partial charge in [0.15, 0.2) is 0 Å². The smallest absolute Gasteiger partial charge is 0.0313 e. The van der Waals surface area contributed by atoms with E-state index < -0.39 is 0 Å². The van der Waals surface area contributed by atoms with Gasteiger partial charge in [-0.25, -0.2) is 0 Å². The molecule has 0 unspecified atom stereocenters. The fraction of sp³-hybridized carbons (Fsp3) is 0.700. The first-order valence-corrected chi connectivity index (χ1v) is 4.45. The first-order chi connectivity index (χ1) is 5.20. The molecule has 11 heavy (non-hydrogen) atoms. The third kappa shape index (κ3) is 5.84. The first-order valence-electron chi connectivity index (χ1n) is 4.45. The van der Waals surface area contributed by atoms with Gasteiger partial charge >= 0.3 is 0 Å². The van der Waals surface area contributed by atoms with Gasteiger partial charge in [0.2, 0.25) is 0 Å². The lowest BCUT2D eigenvalue weighted by Crippen LogP contribution is -1.91. The summed E-state index contributed by atoms with van der Waals surface area (Å²) in [5.41, 5.74) is 2.09. The van der Waals surface area contributed by atoms with Gasteiger partial charge in [-0.3, -0.25) is 0 Å². The van der Waals surface area contributed by atoms with Crippen molar-refractivity contribution in [3.8, 4) is 0 Å². The summed E-state index contributed by atoms with van der Waals surface area (Å²) >= 11 is 0. The van der Waals surface area contributed by atoms with Gasteiger partial charge in [-0.15, -0.1) is 0 Å². The molecule has 0 saturated carbocycles. The van der Waals surface area contributed by atoms with Gasteiger partial charge in [-0.1, -0.05) is 25.8 Å². The highest BCUT2D eigenvalue weighted by atomic mass is 14.4. The van der Waals surface area contributed by atoms with E-state index in [0.717, 1.165) is 25.0 Å². The molecule has 0 rings (SSSR count). The SMILES string of the molecule is CCCCC(=N)/C=C(\C)CC. The van der Waals surface area contributed by atoms with Crippen LogP contribution >= 0.6 is 0 Å². The van der Waals surface area contributed by atoms with E-state index in [1.165, 1.54) is 12.0 Å². The van der Waals surface area contributed by atoms with Crippen LogP contribution in [0.1, 0.15) is 46.5 Å². The van der Waals surface area contributed by atoms with Gasteiger partial charge in [0, 0.05) is 5.71 Å². The largest absolute Gasteiger partial charge is 0.305 e. The molecule has 0 radical (unpaired) electrons. The third-order valence-corrected chi connectivity index (χ3v) is 1.78. The van der Waals surface area contributed by atoms with Crippen LogP contribution in [0.15, 0.2) is 11.6 Å². The molecule has 0 aromatic heterocycles. The highest BCUT2D eigenvalue weighted by Crippen LogP contribution is 2.02. The quantitative estimate of drug-likeness (QED) is 0.584. The van der Waals surface area contributed by atoms with Crippen molar-refractivity contribution < 1.29 is 0 Å². The molecule has 0 fully saturated rings. The van der Waals surface area contributed by atoms with Crippen LogP contribution < -0.4 is 0 Å². The molecule has 0 amide bonds. The zero-order valence-corrected chi connectivity index (χ0v) is 7.91. The second-order valence-corrected chi connectivity index (χ2v) is 2.97. The lowest BCUT2D eigenvalue weighted by molar-refractivity contribution is 0.833. The van der Waals surface area contributed by atoms with E-state index in [1.807, 2.05) is 6.08 Å². The van der Waals surface area contributed by atoms with E-state index in [9.17, 15) is 0 Å². The van der Waals surface area contributed by atoms with Crippen molar-refractivity contribution in [2.24, 2.45) is 0 Å². The van der Waals surface area contributed by atoms with Crippen molar-refractivity contribution in [1.29, 1.82) is 5.41 Å². The summed E-state index contributed by atoms with van der Waals surface area (Å²) in [6.45, 7) is 6.36. The minimum atomic E-state index is 0.784. The second kappa shape index (κ2) is 6.14. The van der Waals surface area contributed by atoms with Crippen molar-refractivity contribution in [3.63, 3.8) is 0 Å². The monoisotopic (exact) mass is 153 g/mol. The Kier molecular flexibility index (Phi) is 5.81. The van der Waals surface area contributed by atoms with E-state index in [1.54, 1.807) is 0 Å². The molecular formula is C10H19N. The topological polar surface area (TPSA) is 23.9 Å². The van der Waals surface area contributed by atoms with E-state index in [-0.39, 0.29) is 0 Å². The highest BCUT2D eigenvalue weighted by Gasteiger charge is 1.91. The number of nitrogens with one attached hydrogen (secondary N) is 1. The lowest BCUT2D eigenvalue weighted by Gasteiger charge is -1.98. The molecule has 64 valence electrons. The average Bonchev–Trinajstić information content (AvgIpc) is 2.00. The van der Waals surface area contributed by atoms with Crippen molar-refractivity contribution in [2.45, 2.75) is 46.5 Å². The standard InChI is InChI=1S/C10H19N/c1-4-6-7-10(11)8-9(3)5-2/h8,11H,4-7H2,1-3H3/b9-8+,11-10?. The molecule has 0 spiro atoms. The van der Waals surface area contributed by atoms with E-state index in [0.29, 0.717) is 0 Å². The number of unbranched alkanes of at least 4 members (excludes halogenated alkanes) is 1. The molecule has 0 aromatic rings. The molecule has 1 N–H and O–H groups in total. The molecule has 0 saturated heterocycles. The van der Waals surface area contributed by atoms with Crippen LogP contribution in [-0.2, 0) is 0 Å². The van der Waals surface area contributed by atoms with Crippen LogP contribution in [0.25, 0.3) is 0 Å². The van der Waals surface area contributed by atoms with Crippen molar-refractivity contribution in [2.75, 3.05) is 0 Å². The Morgan fingerprint density at radius 2 is 2.00 bits per heavy atom. The second-order valence-electron chi connectivity index (χ2n) is 2.97. The summed E-state index contributed by atoms with van der Waals surface area (Å²) in [5.74, 6) is 0. The van der Waals surface area contributed by atoms with Crippen LogP contribution in [-0.4, -0.2) is 5.71 Å². The van der Waals surface area contributed by atoms with Crippen LogP contribution in [0, 0.1) is 5.41 Å². The maximum atomic E-state index is 7.55. The molecule has 0 aliphatic rings. The van der Waals surface area contributed by atoms with Crippen LogP contribution in [0.5, 0.6) is 0 Å². The Labute approximate surface area is 70.0 Å². The molecule has 0 heterocycles. The number of rotatable bonds is 5. The third-order valence-electron chi connectivity index (χ3n) is 1.78. The molecule has 0 bridgehead atoms. The molecule has 0 aromatic carbocycles. The first kappa shape index (κ1) is 10.4. The molecule has 0 aliphatic heterocycles. The fourth-order valence-corrected chi connectivity index (χ4v) is 0.839. The average molecular weight is 153 g/mol. The highest BCUT2D eigenvalue weighted by molar-refractivity contribution is 5.92. The summed E-state index contributed by atoms with van der Waals surface area (Å²) in [7, 11) is 0. The predicted molar refractivity (Wildman–Crippen MR) is 51.3 cm³/mol. The Balaban J connectivity index is 3.67. The normalized spacial score (nSPS) is 11.7. The van der Waals surface area contributed by atoms with Crippen molar-refractivity contribution in [1.82, 2.24) is 0 Å². The fourth-order valence-electron chi connectivity index (χ4n) is 0.839. The van der Waals surface area contributed by atoms with Gasteiger partial charge in [-0.2, -0.15) is 0 Å². The molecular weight excluding hydrogens is 134 g/mol. The number of hydrogen-bond acceptors (Lipinski definition) is 1. The summed E-state index contributed by atoms with van der Waals surface area (Å²) in [6, 6.07) is 0. The molecule has 0 atom stereocenters. The maximum absolute atomic E-state index is 7.55.